The van der Waals surface area contributed by atoms with Crippen LogP contribution in [0.4, 0.5) is 11.4 Å². The fourth-order valence-electron chi connectivity index (χ4n) is 2.50. The van der Waals surface area contributed by atoms with Crippen LogP contribution in [0.25, 0.3) is 0 Å². The molecule has 2 N–H and O–H groups in total. The molecule has 0 saturated carbocycles. The number of hydrogen-bond acceptors (Lipinski definition) is 2. The number of amides is 2. The van der Waals surface area contributed by atoms with Crippen LogP contribution in [0.15, 0.2) is 46.9 Å². The standard InChI is InChI=1S/C20H23BrN2O2/c1-3-4-5-15-6-8-16(9-7-15)12-20(25)23-19-13-17(21)10-11-18(19)22-14(2)24/h6-11,13H,3-5,12H2,1-2H3,(H,22,24)(H,23,25). The number of halogens is 1. The Kier molecular flexibility index (Phi) is 7.19. The van der Waals surface area contributed by atoms with Crippen LogP contribution in [-0.4, -0.2) is 11.8 Å². The van der Waals surface area contributed by atoms with E-state index < -0.39 is 0 Å². The van der Waals surface area contributed by atoms with Crippen molar-refractivity contribution in [1.82, 2.24) is 0 Å². The van der Waals surface area contributed by atoms with Gasteiger partial charge in [0.2, 0.25) is 11.8 Å². The quantitative estimate of drug-likeness (QED) is 0.689. The molecule has 25 heavy (non-hydrogen) atoms. The van der Waals surface area contributed by atoms with Crippen molar-refractivity contribution in [3.63, 3.8) is 0 Å². The van der Waals surface area contributed by atoms with E-state index in [1.807, 2.05) is 18.2 Å². The minimum absolute atomic E-state index is 0.119. The van der Waals surface area contributed by atoms with Gasteiger partial charge in [-0.05, 0) is 42.2 Å². The molecular weight excluding hydrogens is 380 g/mol. The smallest absolute Gasteiger partial charge is 0.228 e. The van der Waals surface area contributed by atoms with Crippen LogP contribution in [0, 0.1) is 0 Å². The molecule has 0 atom stereocenters. The summed E-state index contributed by atoms with van der Waals surface area (Å²) in [7, 11) is 0. The fourth-order valence-corrected chi connectivity index (χ4v) is 2.86. The van der Waals surface area contributed by atoms with Crippen molar-refractivity contribution < 1.29 is 9.59 Å². The summed E-state index contributed by atoms with van der Waals surface area (Å²) < 4.78 is 0.831. The third kappa shape index (κ3) is 6.35. The number of benzene rings is 2. The van der Waals surface area contributed by atoms with Gasteiger partial charge in [-0.15, -0.1) is 0 Å². The first-order chi connectivity index (χ1) is 12.0. The summed E-state index contributed by atoms with van der Waals surface area (Å²) >= 11 is 3.38. The molecule has 2 amide bonds. The lowest BCUT2D eigenvalue weighted by molar-refractivity contribution is -0.116. The molecule has 0 aliphatic heterocycles. The minimum Gasteiger partial charge on any atom is -0.325 e. The summed E-state index contributed by atoms with van der Waals surface area (Å²) in [6.07, 6.45) is 3.71. The van der Waals surface area contributed by atoms with E-state index >= 15 is 0 Å². The number of aryl methyl sites for hydroxylation is 1. The van der Waals surface area contributed by atoms with Gasteiger partial charge in [0.25, 0.3) is 0 Å². The Bertz CT molecular complexity index is 742. The van der Waals surface area contributed by atoms with E-state index in [2.05, 4.69) is 45.6 Å². The Morgan fingerprint density at radius 2 is 1.64 bits per heavy atom. The number of hydrogen-bond donors (Lipinski definition) is 2. The predicted molar refractivity (Wildman–Crippen MR) is 106 cm³/mol. The lowest BCUT2D eigenvalue weighted by Gasteiger charge is -2.12. The average Bonchev–Trinajstić information content (AvgIpc) is 2.56. The Morgan fingerprint density at radius 3 is 2.28 bits per heavy atom. The van der Waals surface area contributed by atoms with Crippen molar-refractivity contribution in [2.24, 2.45) is 0 Å². The van der Waals surface area contributed by atoms with Gasteiger partial charge in [-0.3, -0.25) is 9.59 Å². The molecule has 4 nitrogen and oxygen atoms in total. The largest absolute Gasteiger partial charge is 0.325 e. The first-order valence-electron chi connectivity index (χ1n) is 8.42. The molecule has 0 unspecified atom stereocenters. The van der Waals surface area contributed by atoms with Crippen LogP contribution < -0.4 is 10.6 Å². The molecule has 0 heterocycles. The lowest BCUT2D eigenvalue weighted by Crippen LogP contribution is -2.17. The third-order valence-corrected chi connectivity index (χ3v) is 4.27. The highest BCUT2D eigenvalue weighted by atomic mass is 79.9. The van der Waals surface area contributed by atoms with Crippen LogP contribution in [0.5, 0.6) is 0 Å². The van der Waals surface area contributed by atoms with Gasteiger partial charge in [-0.25, -0.2) is 0 Å². The fraction of sp³-hybridized carbons (Fsp3) is 0.300. The van der Waals surface area contributed by atoms with Crippen LogP contribution in [0.2, 0.25) is 0 Å². The predicted octanol–water partition coefficient (Wildman–Crippen LogP) is 4.93. The summed E-state index contributed by atoms with van der Waals surface area (Å²) in [4.78, 5) is 23.6. The molecule has 0 saturated heterocycles. The van der Waals surface area contributed by atoms with Crippen molar-refractivity contribution in [3.8, 4) is 0 Å². The molecule has 132 valence electrons. The number of rotatable bonds is 7. The lowest BCUT2D eigenvalue weighted by atomic mass is 10.0. The highest BCUT2D eigenvalue weighted by molar-refractivity contribution is 9.10. The number of unbranched alkanes of at least 4 members (excludes halogenated alkanes) is 1. The minimum atomic E-state index is -0.180. The van der Waals surface area contributed by atoms with Gasteiger partial charge < -0.3 is 10.6 Å². The Hall–Kier alpha value is -2.14. The number of carbonyl (C=O) groups excluding carboxylic acids is 2. The molecular formula is C20H23BrN2O2. The van der Waals surface area contributed by atoms with Crippen molar-refractivity contribution in [1.29, 1.82) is 0 Å². The summed E-state index contributed by atoms with van der Waals surface area (Å²) in [5.74, 6) is -0.300. The Morgan fingerprint density at radius 1 is 0.960 bits per heavy atom. The zero-order valence-corrected chi connectivity index (χ0v) is 16.2. The molecule has 2 aromatic carbocycles. The normalized spacial score (nSPS) is 10.4. The first-order valence-corrected chi connectivity index (χ1v) is 9.22. The summed E-state index contributed by atoms with van der Waals surface area (Å²) in [5.41, 5.74) is 3.42. The van der Waals surface area contributed by atoms with E-state index in [4.69, 9.17) is 0 Å². The number of carbonyl (C=O) groups is 2. The van der Waals surface area contributed by atoms with Crippen molar-refractivity contribution >= 4 is 39.1 Å². The Balaban J connectivity index is 2.02. The van der Waals surface area contributed by atoms with Crippen molar-refractivity contribution in [2.75, 3.05) is 10.6 Å². The maximum Gasteiger partial charge on any atom is 0.228 e. The van der Waals surface area contributed by atoms with Gasteiger partial charge in [-0.2, -0.15) is 0 Å². The molecule has 0 fully saturated rings. The van der Waals surface area contributed by atoms with Crippen molar-refractivity contribution in [3.05, 3.63) is 58.1 Å². The molecule has 0 radical (unpaired) electrons. The second-order valence-corrected chi connectivity index (χ2v) is 6.93. The summed E-state index contributed by atoms with van der Waals surface area (Å²) in [6.45, 7) is 3.61. The molecule has 0 aliphatic rings. The summed E-state index contributed by atoms with van der Waals surface area (Å²) in [6, 6.07) is 13.5. The molecule has 0 aromatic heterocycles. The molecule has 5 heteroatoms. The highest BCUT2D eigenvalue weighted by Gasteiger charge is 2.10. The average molecular weight is 403 g/mol. The topological polar surface area (TPSA) is 58.2 Å². The summed E-state index contributed by atoms with van der Waals surface area (Å²) in [5, 5.41) is 5.59. The first kappa shape index (κ1) is 19.2. The molecule has 0 aliphatic carbocycles. The highest BCUT2D eigenvalue weighted by Crippen LogP contribution is 2.26. The van der Waals surface area contributed by atoms with Gasteiger partial charge in [0.15, 0.2) is 0 Å². The molecule has 2 rings (SSSR count). The van der Waals surface area contributed by atoms with E-state index in [1.165, 1.54) is 25.3 Å². The third-order valence-electron chi connectivity index (χ3n) is 3.77. The van der Waals surface area contributed by atoms with E-state index in [9.17, 15) is 9.59 Å². The van der Waals surface area contributed by atoms with Crippen molar-refractivity contribution in [2.45, 2.75) is 39.5 Å². The van der Waals surface area contributed by atoms with Crippen LogP contribution >= 0.6 is 15.9 Å². The van der Waals surface area contributed by atoms with Gasteiger partial charge in [0.05, 0.1) is 17.8 Å². The van der Waals surface area contributed by atoms with Gasteiger partial charge in [0, 0.05) is 11.4 Å². The molecule has 0 spiro atoms. The van der Waals surface area contributed by atoms with Gasteiger partial charge in [0.1, 0.15) is 0 Å². The second-order valence-electron chi connectivity index (χ2n) is 6.02. The number of anilines is 2. The van der Waals surface area contributed by atoms with E-state index in [1.54, 1.807) is 12.1 Å². The monoisotopic (exact) mass is 402 g/mol. The maximum atomic E-state index is 12.3. The van der Waals surface area contributed by atoms with Gasteiger partial charge >= 0.3 is 0 Å². The van der Waals surface area contributed by atoms with E-state index in [0.717, 1.165) is 16.5 Å². The maximum absolute atomic E-state index is 12.3. The van der Waals surface area contributed by atoms with Crippen LogP contribution in [-0.2, 0) is 22.4 Å². The van der Waals surface area contributed by atoms with Crippen LogP contribution in [0.3, 0.4) is 0 Å². The molecule has 2 aromatic rings. The molecule has 0 bridgehead atoms. The number of nitrogens with one attached hydrogen (secondary N) is 2. The second kappa shape index (κ2) is 9.37. The Labute approximate surface area is 157 Å². The zero-order chi connectivity index (χ0) is 18.2. The zero-order valence-electron chi connectivity index (χ0n) is 14.6. The SMILES string of the molecule is CCCCc1ccc(CC(=O)Nc2cc(Br)ccc2NC(C)=O)cc1. The van der Waals surface area contributed by atoms with Crippen LogP contribution in [0.1, 0.15) is 37.8 Å². The van der Waals surface area contributed by atoms with E-state index in [0.29, 0.717) is 17.8 Å². The van der Waals surface area contributed by atoms with E-state index in [-0.39, 0.29) is 11.8 Å². The van der Waals surface area contributed by atoms with Gasteiger partial charge in [-0.1, -0.05) is 53.5 Å².